The van der Waals surface area contributed by atoms with Crippen LogP contribution < -0.4 is 0 Å². The molecule has 0 heterocycles. The lowest BCUT2D eigenvalue weighted by molar-refractivity contribution is 0.0985. The van der Waals surface area contributed by atoms with Crippen LogP contribution in [-0.4, -0.2) is 25.7 Å². The highest BCUT2D eigenvalue weighted by Crippen LogP contribution is 2.15. The van der Waals surface area contributed by atoms with Crippen LogP contribution >= 0.6 is 0 Å². The number of benzene rings is 2. The van der Waals surface area contributed by atoms with E-state index in [1.54, 1.807) is 37.3 Å². The molecule has 2 aromatic carbocycles. The molecule has 2 aromatic rings. The van der Waals surface area contributed by atoms with Crippen molar-refractivity contribution < 1.29 is 18.0 Å². The summed E-state index contributed by atoms with van der Waals surface area (Å²) in [6.45, 7) is 1.74. The van der Waals surface area contributed by atoms with Crippen molar-refractivity contribution in [3.05, 3.63) is 65.7 Å². The Hall–Kier alpha value is -2.27. The summed E-state index contributed by atoms with van der Waals surface area (Å²) >= 11 is 0. The Kier molecular flexibility index (Phi) is 4.88. The molecular weight excluding hydrogens is 300 g/mol. The van der Waals surface area contributed by atoms with Crippen LogP contribution in [-0.2, 0) is 9.84 Å². The van der Waals surface area contributed by atoms with E-state index in [9.17, 15) is 18.0 Å². The minimum atomic E-state index is -3.72. The van der Waals surface area contributed by atoms with Crippen molar-refractivity contribution in [1.82, 2.24) is 0 Å². The van der Waals surface area contributed by atoms with Crippen LogP contribution in [0.15, 0.2) is 59.5 Å². The molecule has 0 fully saturated rings. The molecule has 0 spiro atoms. The molecule has 0 amide bonds. The number of sulfone groups is 1. The zero-order valence-electron chi connectivity index (χ0n) is 12.2. The highest BCUT2D eigenvalue weighted by molar-refractivity contribution is 7.92. The summed E-state index contributed by atoms with van der Waals surface area (Å²) in [4.78, 5) is 23.6. The molecule has 0 radical (unpaired) electrons. The fraction of sp³-hybridized carbons (Fsp3) is 0.176. The van der Waals surface area contributed by atoms with Crippen LogP contribution in [0.2, 0.25) is 0 Å². The second-order valence-corrected chi connectivity index (χ2v) is 6.84. The molecule has 0 unspecified atom stereocenters. The highest BCUT2D eigenvalue weighted by Gasteiger charge is 2.20. The lowest BCUT2D eigenvalue weighted by atomic mass is 10.1. The van der Waals surface area contributed by atoms with Crippen LogP contribution in [0, 0.1) is 0 Å². The quantitative estimate of drug-likeness (QED) is 0.768. The number of carbonyl (C=O) groups is 2. The number of rotatable bonds is 6. The van der Waals surface area contributed by atoms with Crippen molar-refractivity contribution in [2.24, 2.45) is 0 Å². The van der Waals surface area contributed by atoms with Gasteiger partial charge in [0.15, 0.2) is 21.4 Å². The van der Waals surface area contributed by atoms with Crippen molar-refractivity contribution in [2.45, 2.75) is 18.2 Å². The van der Waals surface area contributed by atoms with E-state index >= 15 is 0 Å². The van der Waals surface area contributed by atoms with Crippen molar-refractivity contribution >= 4 is 21.4 Å². The Morgan fingerprint density at radius 2 is 1.36 bits per heavy atom. The molecule has 0 N–H and O–H groups in total. The van der Waals surface area contributed by atoms with E-state index in [2.05, 4.69) is 0 Å². The van der Waals surface area contributed by atoms with E-state index in [1.807, 2.05) is 0 Å². The first-order valence-electron chi connectivity index (χ1n) is 6.88. The lowest BCUT2D eigenvalue weighted by Gasteiger charge is -2.05. The second-order valence-electron chi connectivity index (χ2n) is 4.85. The smallest absolute Gasteiger partial charge is 0.185 e. The Bertz CT molecular complexity index is 775. The summed E-state index contributed by atoms with van der Waals surface area (Å²) in [6.07, 6.45) is 0.360. The molecule has 22 heavy (non-hydrogen) atoms. The SMILES string of the molecule is CCC(=O)c1ccc(S(=O)(=O)CC(=O)c2ccccc2)cc1. The largest absolute Gasteiger partial charge is 0.294 e. The van der Waals surface area contributed by atoms with Gasteiger partial charge in [0.25, 0.3) is 0 Å². The molecule has 2 rings (SSSR count). The van der Waals surface area contributed by atoms with Crippen LogP contribution in [0.5, 0.6) is 0 Å². The number of hydrogen-bond donors (Lipinski definition) is 0. The van der Waals surface area contributed by atoms with Gasteiger partial charge in [0, 0.05) is 17.5 Å². The third-order valence-corrected chi connectivity index (χ3v) is 4.91. The summed E-state index contributed by atoms with van der Waals surface area (Å²) in [5, 5.41) is 0. The minimum Gasteiger partial charge on any atom is -0.294 e. The average molecular weight is 316 g/mol. The van der Waals surface area contributed by atoms with Crippen molar-refractivity contribution in [3.8, 4) is 0 Å². The number of carbonyl (C=O) groups excluding carboxylic acids is 2. The first kappa shape index (κ1) is 16.1. The summed E-state index contributed by atoms with van der Waals surface area (Å²) in [5.41, 5.74) is 0.833. The molecule has 0 atom stereocenters. The number of hydrogen-bond acceptors (Lipinski definition) is 4. The Balaban J connectivity index is 2.20. The van der Waals surface area contributed by atoms with Gasteiger partial charge in [-0.25, -0.2) is 8.42 Å². The van der Waals surface area contributed by atoms with E-state index in [4.69, 9.17) is 0 Å². The van der Waals surface area contributed by atoms with Gasteiger partial charge >= 0.3 is 0 Å². The van der Waals surface area contributed by atoms with Crippen LogP contribution in [0.25, 0.3) is 0 Å². The molecule has 5 heteroatoms. The van der Waals surface area contributed by atoms with Gasteiger partial charge in [0.1, 0.15) is 5.75 Å². The summed E-state index contributed by atoms with van der Waals surface area (Å²) in [6, 6.07) is 14.0. The minimum absolute atomic E-state index is 0.0458. The van der Waals surface area contributed by atoms with Gasteiger partial charge in [-0.2, -0.15) is 0 Å². The first-order valence-corrected chi connectivity index (χ1v) is 8.53. The zero-order chi connectivity index (χ0) is 16.2. The molecular formula is C17H16O4S. The monoisotopic (exact) mass is 316 g/mol. The molecule has 0 aliphatic heterocycles. The molecule has 0 saturated carbocycles. The van der Waals surface area contributed by atoms with Gasteiger partial charge in [0.2, 0.25) is 0 Å². The Labute approximate surface area is 129 Å². The van der Waals surface area contributed by atoms with Crippen molar-refractivity contribution in [1.29, 1.82) is 0 Å². The summed E-state index contributed by atoms with van der Waals surface area (Å²) in [7, 11) is -3.72. The molecule has 0 saturated heterocycles. The van der Waals surface area contributed by atoms with Gasteiger partial charge in [-0.1, -0.05) is 49.4 Å². The Morgan fingerprint density at radius 1 is 0.818 bits per heavy atom. The molecule has 4 nitrogen and oxygen atoms in total. The van der Waals surface area contributed by atoms with Gasteiger partial charge in [-0.3, -0.25) is 9.59 Å². The fourth-order valence-electron chi connectivity index (χ4n) is 2.02. The molecule has 114 valence electrons. The summed E-state index contributed by atoms with van der Waals surface area (Å²) in [5.74, 6) is -1.09. The second kappa shape index (κ2) is 6.66. The van der Waals surface area contributed by atoms with Crippen LogP contribution in [0.1, 0.15) is 34.1 Å². The maximum Gasteiger partial charge on any atom is 0.185 e. The number of ketones is 2. The third-order valence-electron chi connectivity index (χ3n) is 3.27. The highest BCUT2D eigenvalue weighted by atomic mass is 32.2. The van der Waals surface area contributed by atoms with E-state index in [0.29, 0.717) is 17.5 Å². The van der Waals surface area contributed by atoms with Gasteiger partial charge < -0.3 is 0 Å². The maximum atomic E-state index is 12.3. The zero-order valence-corrected chi connectivity index (χ0v) is 13.0. The lowest BCUT2D eigenvalue weighted by Crippen LogP contribution is -2.16. The van der Waals surface area contributed by atoms with E-state index in [0.717, 1.165) is 0 Å². The molecule has 0 aliphatic carbocycles. The fourth-order valence-corrected chi connectivity index (χ4v) is 3.24. The maximum absolute atomic E-state index is 12.3. The Morgan fingerprint density at radius 3 is 1.91 bits per heavy atom. The van der Waals surface area contributed by atoms with Crippen molar-refractivity contribution in [2.75, 3.05) is 5.75 Å². The molecule has 0 bridgehead atoms. The average Bonchev–Trinajstić information content (AvgIpc) is 2.54. The van der Waals surface area contributed by atoms with Crippen LogP contribution in [0.4, 0.5) is 0 Å². The number of Topliss-reactive ketones (excluding diaryl/α,β-unsaturated/α-hetero) is 2. The predicted molar refractivity (Wildman–Crippen MR) is 83.9 cm³/mol. The van der Waals surface area contributed by atoms with E-state index < -0.39 is 21.4 Å². The molecule has 0 aliphatic rings. The van der Waals surface area contributed by atoms with Gasteiger partial charge in [-0.15, -0.1) is 0 Å². The van der Waals surface area contributed by atoms with E-state index in [1.165, 1.54) is 24.3 Å². The first-order chi connectivity index (χ1) is 10.4. The molecule has 0 aromatic heterocycles. The third kappa shape index (κ3) is 3.68. The van der Waals surface area contributed by atoms with E-state index in [-0.39, 0.29) is 10.7 Å². The van der Waals surface area contributed by atoms with Crippen molar-refractivity contribution in [3.63, 3.8) is 0 Å². The van der Waals surface area contributed by atoms with Crippen LogP contribution in [0.3, 0.4) is 0 Å². The standard InChI is InChI=1S/C17H16O4S/c1-2-16(18)14-8-10-15(11-9-14)22(20,21)12-17(19)13-6-4-3-5-7-13/h3-11H,2,12H2,1H3. The summed E-state index contributed by atoms with van der Waals surface area (Å²) < 4.78 is 24.5. The topological polar surface area (TPSA) is 68.3 Å². The predicted octanol–water partition coefficient (Wildman–Crippen LogP) is 2.94. The normalized spacial score (nSPS) is 11.1. The van der Waals surface area contributed by atoms with Gasteiger partial charge in [-0.05, 0) is 12.1 Å². The van der Waals surface area contributed by atoms with Gasteiger partial charge in [0.05, 0.1) is 4.90 Å².